The minimum atomic E-state index is -0.708. The molecule has 1 saturated heterocycles. The van der Waals surface area contributed by atoms with Crippen molar-refractivity contribution in [2.24, 2.45) is 13.0 Å². The molecule has 1 aliphatic rings. The fraction of sp³-hybridized carbons (Fsp3) is 0.333. The van der Waals surface area contributed by atoms with Crippen LogP contribution >= 0.6 is 0 Å². The highest BCUT2D eigenvalue weighted by Crippen LogP contribution is 2.26. The van der Waals surface area contributed by atoms with Crippen molar-refractivity contribution in [3.05, 3.63) is 97.7 Å². The zero-order valence-electron chi connectivity index (χ0n) is 17.4. The minimum Gasteiger partial charge on any atom is -0.358 e. The van der Waals surface area contributed by atoms with Gasteiger partial charge in [-0.05, 0) is 42.4 Å². The van der Waals surface area contributed by atoms with E-state index in [2.05, 4.69) is 17.1 Å². The molecular weight excluding hydrogens is 400 g/mol. The van der Waals surface area contributed by atoms with Crippen molar-refractivity contribution in [1.82, 2.24) is 9.55 Å². The van der Waals surface area contributed by atoms with E-state index in [1.54, 1.807) is 0 Å². The van der Waals surface area contributed by atoms with Gasteiger partial charge in [0.15, 0.2) is 0 Å². The Labute approximate surface area is 179 Å². The van der Waals surface area contributed by atoms with E-state index >= 15 is 0 Å². The highest BCUT2D eigenvalue weighted by Gasteiger charge is 2.24. The van der Waals surface area contributed by atoms with Crippen LogP contribution in [0, 0.1) is 17.6 Å². The maximum absolute atomic E-state index is 14.2. The lowest BCUT2D eigenvalue weighted by molar-refractivity contribution is 0.401. The van der Waals surface area contributed by atoms with E-state index in [0.29, 0.717) is 30.4 Å². The minimum absolute atomic E-state index is 0.0190. The highest BCUT2D eigenvalue weighted by molar-refractivity contribution is 5.48. The molecule has 2 heterocycles. The van der Waals surface area contributed by atoms with Gasteiger partial charge in [-0.1, -0.05) is 36.4 Å². The van der Waals surface area contributed by atoms with Crippen LogP contribution in [0.3, 0.4) is 0 Å². The molecule has 0 spiro atoms. The number of rotatable bonds is 5. The summed E-state index contributed by atoms with van der Waals surface area (Å²) >= 11 is 0. The Bertz CT molecular complexity index is 1180. The fourth-order valence-corrected chi connectivity index (χ4v) is 4.25. The van der Waals surface area contributed by atoms with Crippen LogP contribution in [0.15, 0.2) is 58.1 Å². The smallest absolute Gasteiger partial charge is 0.329 e. The average molecular weight is 425 g/mol. The molecule has 0 aliphatic carbocycles. The average Bonchev–Trinajstić information content (AvgIpc) is 2.77. The molecule has 5 nitrogen and oxygen atoms in total. The molecule has 1 aliphatic heterocycles. The number of hydrogen-bond acceptors (Lipinski definition) is 3. The van der Waals surface area contributed by atoms with Crippen LogP contribution in [0.5, 0.6) is 0 Å². The van der Waals surface area contributed by atoms with Gasteiger partial charge in [0, 0.05) is 32.6 Å². The number of nitrogens with one attached hydrogen (secondary N) is 1. The largest absolute Gasteiger partial charge is 0.358 e. The Hall–Kier alpha value is -3.22. The zero-order chi connectivity index (χ0) is 22.0. The van der Waals surface area contributed by atoms with Crippen molar-refractivity contribution < 1.29 is 8.78 Å². The molecule has 0 saturated carbocycles. The molecule has 4 rings (SSSR count). The molecule has 162 valence electrons. The van der Waals surface area contributed by atoms with Gasteiger partial charge in [0.05, 0.1) is 5.56 Å². The molecule has 1 fully saturated rings. The molecule has 0 radical (unpaired) electrons. The SMILES string of the molecule is Cn1c(=O)[nH]c(N2CCC(Cc3ccccc3)CC2)c(Cc2ccc(F)cc2F)c1=O. The van der Waals surface area contributed by atoms with Crippen molar-refractivity contribution in [1.29, 1.82) is 0 Å². The zero-order valence-corrected chi connectivity index (χ0v) is 17.4. The standard InChI is InChI=1S/C24H25F2N3O2/c1-28-23(30)20(14-18-7-8-19(25)15-21(18)26)22(27-24(28)31)29-11-9-17(10-12-29)13-16-5-3-2-4-6-16/h2-8,15,17H,9-14H2,1H3,(H,27,31). The van der Waals surface area contributed by atoms with Crippen LogP contribution in [0.2, 0.25) is 0 Å². The molecular formula is C24H25F2N3O2. The molecule has 7 heteroatoms. The first-order chi connectivity index (χ1) is 14.9. The van der Waals surface area contributed by atoms with Gasteiger partial charge in [-0.15, -0.1) is 0 Å². The number of piperidine rings is 1. The van der Waals surface area contributed by atoms with Crippen molar-refractivity contribution in [3.63, 3.8) is 0 Å². The number of aromatic amines is 1. The summed E-state index contributed by atoms with van der Waals surface area (Å²) in [7, 11) is 1.39. The van der Waals surface area contributed by atoms with Crippen LogP contribution in [-0.2, 0) is 19.9 Å². The lowest BCUT2D eigenvalue weighted by Crippen LogP contribution is -2.42. The summed E-state index contributed by atoms with van der Waals surface area (Å²) in [5.74, 6) is -0.415. The molecule has 0 amide bonds. The van der Waals surface area contributed by atoms with Gasteiger partial charge in [0.1, 0.15) is 17.5 Å². The van der Waals surface area contributed by atoms with Gasteiger partial charge >= 0.3 is 5.69 Å². The maximum Gasteiger partial charge on any atom is 0.329 e. The molecule has 0 unspecified atom stereocenters. The highest BCUT2D eigenvalue weighted by atomic mass is 19.1. The number of hydrogen-bond donors (Lipinski definition) is 1. The molecule has 3 aromatic rings. The molecule has 31 heavy (non-hydrogen) atoms. The van der Waals surface area contributed by atoms with Crippen molar-refractivity contribution in [2.45, 2.75) is 25.7 Å². The predicted molar refractivity (Wildman–Crippen MR) is 117 cm³/mol. The summed E-state index contributed by atoms with van der Waals surface area (Å²) in [6.07, 6.45) is 2.83. The molecule has 0 atom stereocenters. The Morgan fingerprint density at radius 2 is 1.74 bits per heavy atom. The summed E-state index contributed by atoms with van der Waals surface area (Å²) < 4.78 is 28.5. The van der Waals surface area contributed by atoms with Crippen molar-refractivity contribution in [2.75, 3.05) is 18.0 Å². The second-order valence-electron chi connectivity index (χ2n) is 8.15. The van der Waals surface area contributed by atoms with E-state index in [9.17, 15) is 18.4 Å². The van der Waals surface area contributed by atoms with E-state index in [1.165, 1.54) is 24.7 Å². The number of H-pyrrole nitrogens is 1. The van der Waals surface area contributed by atoms with Crippen LogP contribution in [-0.4, -0.2) is 22.6 Å². The second kappa shape index (κ2) is 8.88. The molecule has 1 aromatic heterocycles. The third-order valence-corrected chi connectivity index (χ3v) is 6.06. The topological polar surface area (TPSA) is 58.1 Å². The first-order valence-electron chi connectivity index (χ1n) is 10.5. The predicted octanol–water partition coefficient (Wildman–Crippen LogP) is 3.40. The quantitative estimate of drug-likeness (QED) is 0.682. The molecule has 1 N–H and O–H groups in total. The number of anilines is 1. The first kappa shape index (κ1) is 21.0. The summed E-state index contributed by atoms with van der Waals surface area (Å²) in [5, 5.41) is 0. The number of nitrogens with zero attached hydrogens (tertiary/aromatic N) is 2. The van der Waals surface area contributed by atoms with Gasteiger partial charge in [-0.3, -0.25) is 14.3 Å². The lowest BCUT2D eigenvalue weighted by Gasteiger charge is -2.34. The summed E-state index contributed by atoms with van der Waals surface area (Å²) in [6, 6.07) is 13.6. The van der Waals surface area contributed by atoms with Gasteiger partial charge in [0.2, 0.25) is 0 Å². The molecule has 2 aromatic carbocycles. The van der Waals surface area contributed by atoms with Gasteiger partial charge in [-0.2, -0.15) is 0 Å². The number of benzene rings is 2. The van der Waals surface area contributed by atoms with Gasteiger partial charge in [0.25, 0.3) is 5.56 Å². The number of aromatic nitrogens is 2. The Kier molecular flexibility index (Phi) is 6.02. The van der Waals surface area contributed by atoms with E-state index in [4.69, 9.17) is 0 Å². The van der Waals surface area contributed by atoms with Crippen LogP contribution < -0.4 is 16.1 Å². The van der Waals surface area contributed by atoms with Gasteiger partial charge < -0.3 is 4.90 Å². The third kappa shape index (κ3) is 4.60. The van der Waals surface area contributed by atoms with Gasteiger partial charge in [-0.25, -0.2) is 13.6 Å². The monoisotopic (exact) mass is 425 g/mol. The van der Waals surface area contributed by atoms with Crippen molar-refractivity contribution in [3.8, 4) is 0 Å². The molecule has 0 bridgehead atoms. The summed E-state index contributed by atoms with van der Waals surface area (Å²) in [4.78, 5) is 30.0. The number of halogens is 2. The van der Waals surface area contributed by atoms with E-state index in [1.807, 2.05) is 23.1 Å². The third-order valence-electron chi connectivity index (χ3n) is 6.06. The Balaban J connectivity index is 1.58. The van der Waals surface area contributed by atoms with E-state index < -0.39 is 22.9 Å². The Morgan fingerprint density at radius 1 is 1.03 bits per heavy atom. The fourth-order valence-electron chi connectivity index (χ4n) is 4.25. The van der Waals surface area contributed by atoms with E-state index in [-0.39, 0.29) is 12.0 Å². The normalized spacial score (nSPS) is 14.7. The van der Waals surface area contributed by atoms with Crippen LogP contribution in [0.1, 0.15) is 29.5 Å². The maximum atomic E-state index is 14.2. The van der Waals surface area contributed by atoms with Crippen LogP contribution in [0.25, 0.3) is 0 Å². The van der Waals surface area contributed by atoms with Crippen LogP contribution in [0.4, 0.5) is 14.6 Å². The summed E-state index contributed by atoms with van der Waals surface area (Å²) in [6.45, 7) is 1.39. The first-order valence-corrected chi connectivity index (χ1v) is 10.5. The second-order valence-corrected chi connectivity index (χ2v) is 8.15. The lowest BCUT2D eigenvalue weighted by atomic mass is 9.90. The van der Waals surface area contributed by atoms with Crippen molar-refractivity contribution >= 4 is 5.82 Å². The Morgan fingerprint density at radius 3 is 2.42 bits per heavy atom. The van der Waals surface area contributed by atoms with E-state index in [0.717, 1.165) is 29.9 Å². The summed E-state index contributed by atoms with van der Waals surface area (Å²) in [5.41, 5.74) is 0.860.